The van der Waals surface area contributed by atoms with E-state index in [1.807, 2.05) is 6.07 Å². The lowest BCUT2D eigenvalue weighted by Gasteiger charge is -1.97. The Kier molecular flexibility index (Phi) is 2.53. The molecule has 0 aliphatic heterocycles. The van der Waals surface area contributed by atoms with Crippen molar-refractivity contribution < 1.29 is 14.3 Å². The van der Waals surface area contributed by atoms with Crippen molar-refractivity contribution in [2.24, 2.45) is 0 Å². The van der Waals surface area contributed by atoms with E-state index in [9.17, 15) is 4.79 Å². The van der Waals surface area contributed by atoms with Crippen molar-refractivity contribution in [3.8, 4) is 0 Å². The van der Waals surface area contributed by atoms with Crippen LogP contribution in [-0.2, 0) is 17.6 Å². The number of furan rings is 1. The first kappa shape index (κ1) is 9.51. The molecule has 5 heteroatoms. The fourth-order valence-electron chi connectivity index (χ4n) is 1.40. The Morgan fingerprint density at radius 2 is 2.47 bits per heavy atom. The van der Waals surface area contributed by atoms with E-state index < -0.39 is 5.97 Å². The Morgan fingerprint density at radius 3 is 3.13 bits per heavy atom. The molecule has 0 spiro atoms. The van der Waals surface area contributed by atoms with Gasteiger partial charge in [0.2, 0.25) is 0 Å². The van der Waals surface area contributed by atoms with Crippen molar-refractivity contribution in [2.45, 2.75) is 12.8 Å². The molecule has 0 saturated heterocycles. The summed E-state index contributed by atoms with van der Waals surface area (Å²) in [6, 6.07) is 3.64. The minimum absolute atomic E-state index is 0.0456. The molecule has 0 radical (unpaired) electrons. The maximum Gasteiger partial charge on any atom is 0.309 e. The van der Waals surface area contributed by atoms with E-state index in [-0.39, 0.29) is 6.42 Å². The van der Waals surface area contributed by atoms with Crippen LogP contribution in [0.25, 0.3) is 0 Å². The molecule has 0 saturated carbocycles. The van der Waals surface area contributed by atoms with E-state index >= 15 is 0 Å². The number of carbonyl (C=O) groups is 1. The molecular weight excluding hydrogens is 196 g/mol. The van der Waals surface area contributed by atoms with Crippen molar-refractivity contribution >= 4 is 5.97 Å². The zero-order valence-corrected chi connectivity index (χ0v) is 7.93. The zero-order valence-electron chi connectivity index (χ0n) is 7.93. The number of aromatic nitrogens is 2. The monoisotopic (exact) mass is 206 g/mol. The SMILES string of the molecule is O=C(O)Cc1[nH]ncc1Cc1ccco1. The minimum Gasteiger partial charge on any atom is -0.481 e. The lowest BCUT2D eigenvalue weighted by molar-refractivity contribution is -0.136. The molecule has 0 aromatic carbocycles. The highest BCUT2D eigenvalue weighted by Gasteiger charge is 2.10. The van der Waals surface area contributed by atoms with E-state index in [1.54, 1.807) is 18.5 Å². The van der Waals surface area contributed by atoms with Gasteiger partial charge in [0.05, 0.1) is 18.9 Å². The Labute approximate surface area is 85.7 Å². The molecule has 2 heterocycles. The fourth-order valence-corrected chi connectivity index (χ4v) is 1.40. The van der Waals surface area contributed by atoms with Crippen LogP contribution in [0.3, 0.4) is 0 Å². The van der Waals surface area contributed by atoms with E-state index in [2.05, 4.69) is 10.2 Å². The van der Waals surface area contributed by atoms with Crippen LogP contribution >= 0.6 is 0 Å². The summed E-state index contributed by atoms with van der Waals surface area (Å²) >= 11 is 0. The molecule has 5 nitrogen and oxygen atoms in total. The van der Waals surface area contributed by atoms with Crippen molar-refractivity contribution in [1.82, 2.24) is 10.2 Å². The summed E-state index contributed by atoms with van der Waals surface area (Å²) < 4.78 is 5.18. The van der Waals surface area contributed by atoms with Crippen LogP contribution in [0.15, 0.2) is 29.0 Å². The van der Waals surface area contributed by atoms with E-state index in [1.165, 1.54) is 0 Å². The predicted octanol–water partition coefficient (Wildman–Crippen LogP) is 1.22. The van der Waals surface area contributed by atoms with Gasteiger partial charge in [0.15, 0.2) is 0 Å². The number of nitrogens with zero attached hydrogens (tertiary/aromatic N) is 1. The minimum atomic E-state index is -0.875. The van der Waals surface area contributed by atoms with Gasteiger partial charge >= 0.3 is 5.97 Å². The molecule has 2 aromatic rings. The van der Waals surface area contributed by atoms with E-state index in [4.69, 9.17) is 9.52 Å². The third-order valence-corrected chi connectivity index (χ3v) is 2.08. The van der Waals surface area contributed by atoms with E-state index in [0.717, 1.165) is 11.3 Å². The Hall–Kier alpha value is -2.04. The quantitative estimate of drug-likeness (QED) is 0.788. The van der Waals surface area contributed by atoms with Crippen LogP contribution in [-0.4, -0.2) is 21.3 Å². The standard InChI is InChI=1S/C10H10N2O3/c13-10(14)5-9-7(6-11-12-9)4-8-2-1-3-15-8/h1-3,6H,4-5H2,(H,11,12)(H,13,14). The lowest BCUT2D eigenvalue weighted by Crippen LogP contribution is -2.03. The summed E-state index contributed by atoms with van der Waals surface area (Å²) in [5, 5.41) is 15.2. The Balaban J connectivity index is 2.14. The van der Waals surface area contributed by atoms with Crippen molar-refractivity contribution in [1.29, 1.82) is 0 Å². The Morgan fingerprint density at radius 1 is 1.60 bits per heavy atom. The van der Waals surface area contributed by atoms with Crippen LogP contribution in [0.2, 0.25) is 0 Å². The average molecular weight is 206 g/mol. The van der Waals surface area contributed by atoms with Gasteiger partial charge in [-0.05, 0) is 12.1 Å². The summed E-state index contributed by atoms with van der Waals surface area (Å²) in [5.74, 6) is -0.0806. The molecule has 0 aliphatic rings. The number of rotatable bonds is 4. The number of H-pyrrole nitrogens is 1. The normalized spacial score (nSPS) is 10.4. The first-order valence-corrected chi connectivity index (χ1v) is 4.51. The fraction of sp³-hybridized carbons (Fsp3) is 0.200. The molecule has 0 aliphatic carbocycles. The van der Waals surface area contributed by atoms with Gasteiger partial charge in [0.25, 0.3) is 0 Å². The van der Waals surface area contributed by atoms with Gasteiger partial charge in [-0.25, -0.2) is 0 Å². The molecule has 0 atom stereocenters. The third kappa shape index (κ3) is 2.25. The maximum atomic E-state index is 10.6. The van der Waals surface area contributed by atoms with Crippen molar-refractivity contribution in [3.63, 3.8) is 0 Å². The summed E-state index contributed by atoms with van der Waals surface area (Å²) in [6.07, 6.45) is 3.73. The predicted molar refractivity (Wildman–Crippen MR) is 51.4 cm³/mol. The summed E-state index contributed by atoms with van der Waals surface area (Å²) in [5.41, 5.74) is 1.48. The molecule has 15 heavy (non-hydrogen) atoms. The van der Waals surface area contributed by atoms with Gasteiger partial charge in [-0.1, -0.05) is 0 Å². The Bertz CT molecular complexity index is 445. The second-order valence-electron chi connectivity index (χ2n) is 3.20. The second kappa shape index (κ2) is 4.00. The lowest BCUT2D eigenvalue weighted by atomic mass is 10.1. The number of carboxylic acid groups (broad SMARTS) is 1. The smallest absolute Gasteiger partial charge is 0.309 e. The molecular formula is C10H10N2O3. The average Bonchev–Trinajstić information content (AvgIpc) is 2.78. The van der Waals surface area contributed by atoms with Crippen LogP contribution < -0.4 is 0 Å². The first-order valence-electron chi connectivity index (χ1n) is 4.51. The molecule has 0 amide bonds. The largest absolute Gasteiger partial charge is 0.481 e. The molecule has 78 valence electrons. The topological polar surface area (TPSA) is 79.1 Å². The molecule has 2 rings (SSSR count). The maximum absolute atomic E-state index is 10.6. The van der Waals surface area contributed by atoms with Crippen LogP contribution in [0, 0.1) is 0 Å². The van der Waals surface area contributed by atoms with Crippen molar-refractivity contribution in [3.05, 3.63) is 41.6 Å². The number of carboxylic acids is 1. The highest BCUT2D eigenvalue weighted by Crippen LogP contribution is 2.12. The van der Waals surface area contributed by atoms with E-state index in [0.29, 0.717) is 12.1 Å². The van der Waals surface area contributed by atoms with Crippen LogP contribution in [0.5, 0.6) is 0 Å². The molecule has 0 fully saturated rings. The van der Waals surface area contributed by atoms with Gasteiger partial charge in [-0.15, -0.1) is 0 Å². The van der Waals surface area contributed by atoms with Crippen LogP contribution in [0.4, 0.5) is 0 Å². The second-order valence-corrected chi connectivity index (χ2v) is 3.20. The van der Waals surface area contributed by atoms with Crippen LogP contribution in [0.1, 0.15) is 17.0 Å². The number of hydrogen-bond acceptors (Lipinski definition) is 3. The number of aromatic amines is 1. The summed E-state index contributed by atoms with van der Waals surface area (Å²) in [4.78, 5) is 10.6. The number of nitrogens with one attached hydrogen (secondary N) is 1. The molecule has 0 unspecified atom stereocenters. The van der Waals surface area contributed by atoms with Gasteiger partial charge in [0.1, 0.15) is 5.76 Å². The molecule has 2 N–H and O–H groups in total. The number of aliphatic carboxylic acids is 1. The summed E-state index contributed by atoms with van der Waals surface area (Å²) in [7, 11) is 0. The van der Waals surface area contributed by atoms with Gasteiger partial charge in [-0.2, -0.15) is 5.10 Å². The van der Waals surface area contributed by atoms with Gasteiger partial charge in [-0.3, -0.25) is 9.89 Å². The number of hydrogen-bond donors (Lipinski definition) is 2. The highest BCUT2D eigenvalue weighted by molar-refractivity contribution is 5.70. The van der Waals surface area contributed by atoms with Gasteiger partial charge < -0.3 is 9.52 Å². The van der Waals surface area contributed by atoms with Gasteiger partial charge in [0, 0.05) is 17.7 Å². The zero-order chi connectivity index (χ0) is 10.7. The highest BCUT2D eigenvalue weighted by atomic mass is 16.4. The third-order valence-electron chi connectivity index (χ3n) is 2.08. The molecule has 2 aromatic heterocycles. The molecule has 0 bridgehead atoms. The van der Waals surface area contributed by atoms with Crippen molar-refractivity contribution in [2.75, 3.05) is 0 Å². The summed E-state index contributed by atoms with van der Waals surface area (Å²) in [6.45, 7) is 0. The first-order chi connectivity index (χ1) is 7.25.